The fourth-order valence-electron chi connectivity index (χ4n) is 2.23. The molecule has 0 radical (unpaired) electrons. The lowest BCUT2D eigenvalue weighted by Gasteiger charge is -2.33. The van der Waals surface area contributed by atoms with Crippen LogP contribution in [0.2, 0.25) is 0 Å². The lowest BCUT2D eigenvalue weighted by atomic mass is 10.2. The third-order valence-corrected chi connectivity index (χ3v) is 3.28. The van der Waals surface area contributed by atoms with Crippen LogP contribution in [0.3, 0.4) is 0 Å². The van der Waals surface area contributed by atoms with Crippen molar-refractivity contribution in [2.75, 3.05) is 24.6 Å². The minimum atomic E-state index is -0.237. The molecule has 1 unspecified atom stereocenters. The van der Waals surface area contributed by atoms with Gasteiger partial charge in [0.1, 0.15) is 0 Å². The number of hydrogen-bond donors (Lipinski definition) is 0. The van der Waals surface area contributed by atoms with Gasteiger partial charge in [0, 0.05) is 19.3 Å². The summed E-state index contributed by atoms with van der Waals surface area (Å²) in [6, 6.07) is 3.08. The largest absolute Gasteiger partial charge is 0.374 e. The van der Waals surface area contributed by atoms with Gasteiger partial charge in [-0.05, 0) is 30.9 Å². The maximum atomic E-state index is 13.6. The van der Waals surface area contributed by atoms with Crippen LogP contribution in [0.25, 0.3) is 0 Å². The second kappa shape index (κ2) is 4.01. The second-order valence-electron chi connectivity index (χ2n) is 4.50. The molecule has 0 aromatic carbocycles. The molecule has 1 aromatic heterocycles. The summed E-state index contributed by atoms with van der Waals surface area (Å²) < 4.78 is 19.3. The lowest BCUT2D eigenvalue weighted by molar-refractivity contribution is 0.0259. The minimum Gasteiger partial charge on any atom is -0.374 e. The Hall–Kier alpha value is -1.16. The van der Waals surface area contributed by atoms with Gasteiger partial charge in [0.15, 0.2) is 11.6 Å². The smallest absolute Gasteiger partial charge is 0.165 e. The first-order valence-corrected chi connectivity index (χ1v) is 5.81. The Morgan fingerprint density at radius 3 is 3.06 bits per heavy atom. The molecule has 1 aromatic rings. The van der Waals surface area contributed by atoms with E-state index in [0.717, 1.165) is 13.1 Å². The standard InChI is InChI=1S/C12H15FN2O/c13-10-2-1-5-14-12(10)15-6-7-16-11(8-15)9-3-4-9/h1-2,5,9,11H,3-4,6-8H2. The number of rotatable bonds is 2. The van der Waals surface area contributed by atoms with Gasteiger partial charge in [0.05, 0.1) is 12.7 Å². The average Bonchev–Trinajstić information content (AvgIpc) is 3.14. The SMILES string of the molecule is Fc1cccnc1N1CCOC(C2CC2)C1. The van der Waals surface area contributed by atoms with Crippen LogP contribution in [0.5, 0.6) is 0 Å². The van der Waals surface area contributed by atoms with Crippen LogP contribution in [-0.4, -0.2) is 30.8 Å². The molecule has 86 valence electrons. The zero-order valence-electron chi connectivity index (χ0n) is 9.10. The van der Waals surface area contributed by atoms with Crippen LogP contribution in [0.4, 0.5) is 10.2 Å². The van der Waals surface area contributed by atoms with Gasteiger partial charge in [-0.2, -0.15) is 0 Å². The van der Waals surface area contributed by atoms with Gasteiger partial charge in [0.25, 0.3) is 0 Å². The summed E-state index contributed by atoms with van der Waals surface area (Å²) in [5.74, 6) is 0.921. The Bertz CT molecular complexity index is 381. The zero-order valence-corrected chi connectivity index (χ0v) is 9.10. The van der Waals surface area contributed by atoms with Crippen molar-refractivity contribution in [2.45, 2.75) is 18.9 Å². The maximum absolute atomic E-state index is 13.6. The highest BCUT2D eigenvalue weighted by Gasteiger charge is 2.35. The highest BCUT2D eigenvalue weighted by Crippen LogP contribution is 2.36. The topological polar surface area (TPSA) is 25.4 Å². The van der Waals surface area contributed by atoms with E-state index in [1.807, 2.05) is 4.90 Å². The first-order chi connectivity index (χ1) is 7.84. The van der Waals surface area contributed by atoms with Gasteiger partial charge in [-0.3, -0.25) is 0 Å². The van der Waals surface area contributed by atoms with Gasteiger partial charge in [-0.25, -0.2) is 9.37 Å². The second-order valence-corrected chi connectivity index (χ2v) is 4.50. The van der Waals surface area contributed by atoms with Crippen LogP contribution >= 0.6 is 0 Å². The highest BCUT2D eigenvalue weighted by atomic mass is 19.1. The summed E-state index contributed by atoms with van der Waals surface area (Å²) in [5, 5.41) is 0. The van der Waals surface area contributed by atoms with Crippen molar-refractivity contribution >= 4 is 5.82 Å². The summed E-state index contributed by atoms with van der Waals surface area (Å²) in [7, 11) is 0. The number of anilines is 1. The van der Waals surface area contributed by atoms with E-state index in [1.54, 1.807) is 12.3 Å². The molecule has 0 spiro atoms. The van der Waals surface area contributed by atoms with Gasteiger partial charge >= 0.3 is 0 Å². The number of ether oxygens (including phenoxy) is 1. The van der Waals surface area contributed by atoms with E-state index in [-0.39, 0.29) is 11.9 Å². The quantitative estimate of drug-likeness (QED) is 0.763. The third kappa shape index (κ3) is 1.89. The molecule has 0 N–H and O–H groups in total. The summed E-state index contributed by atoms with van der Waals surface area (Å²) in [6.07, 6.45) is 4.42. The van der Waals surface area contributed by atoms with E-state index >= 15 is 0 Å². The number of halogens is 1. The third-order valence-electron chi connectivity index (χ3n) is 3.28. The Kier molecular flexibility index (Phi) is 2.52. The summed E-state index contributed by atoms with van der Waals surface area (Å²) in [5.41, 5.74) is 0. The Balaban J connectivity index is 1.76. The van der Waals surface area contributed by atoms with Crippen molar-refractivity contribution in [3.63, 3.8) is 0 Å². The van der Waals surface area contributed by atoms with Crippen molar-refractivity contribution in [2.24, 2.45) is 5.92 Å². The van der Waals surface area contributed by atoms with E-state index in [1.165, 1.54) is 18.9 Å². The zero-order chi connectivity index (χ0) is 11.0. The van der Waals surface area contributed by atoms with E-state index < -0.39 is 0 Å². The van der Waals surface area contributed by atoms with E-state index in [4.69, 9.17) is 4.74 Å². The molecule has 2 aliphatic rings. The summed E-state index contributed by atoms with van der Waals surface area (Å²) >= 11 is 0. The molecule has 1 saturated heterocycles. The number of aromatic nitrogens is 1. The molecular weight excluding hydrogens is 207 g/mol. The monoisotopic (exact) mass is 222 g/mol. The molecule has 2 fully saturated rings. The molecular formula is C12H15FN2O. The van der Waals surface area contributed by atoms with E-state index in [0.29, 0.717) is 18.3 Å². The van der Waals surface area contributed by atoms with Crippen LogP contribution < -0.4 is 4.90 Å². The first kappa shape index (κ1) is 10.0. The van der Waals surface area contributed by atoms with Crippen molar-refractivity contribution in [3.05, 3.63) is 24.1 Å². The number of morpholine rings is 1. The first-order valence-electron chi connectivity index (χ1n) is 5.81. The molecule has 0 amide bonds. The molecule has 0 bridgehead atoms. The number of nitrogens with zero attached hydrogens (tertiary/aromatic N) is 2. The van der Waals surface area contributed by atoms with Crippen LogP contribution in [0.15, 0.2) is 18.3 Å². The predicted molar refractivity (Wildman–Crippen MR) is 58.9 cm³/mol. The van der Waals surface area contributed by atoms with Crippen molar-refractivity contribution in [1.29, 1.82) is 0 Å². The normalized spacial score (nSPS) is 25.8. The molecule has 3 nitrogen and oxygen atoms in total. The number of pyridine rings is 1. The lowest BCUT2D eigenvalue weighted by Crippen LogP contribution is -2.44. The molecule has 16 heavy (non-hydrogen) atoms. The average molecular weight is 222 g/mol. The fourth-order valence-corrected chi connectivity index (χ4v) is 2.23. The van der Waals surface area contributed by atoms with Crippen LogP contribution in [0.1, 0.15) is 12.8 Å². The van der Waals surface area contributed by atoms with Crippen molar-refractivity contribution < 1.29 is 9.13 Å². The molecule has 1 saturated carbocycles. The van der Waals surface area contributed by atoms with Gasteiger partial charge in [-0.1, -0.05) is 0 Å². The Morgan fingerprint density at radius 1 is 1.44 bits per heavy atom. The molecule has 2 heterocycles. The summed E-state index contributed by atoms with van der Waals surface area (Å²) in [6.45, 7) is 2.19. The van der Waals surface area contributed by atoms with Crippen LogP contribution in [-0.2, 0) is 4.74 Å². The molecule has 1 atom stereocenters. The predicted octanol–water partition coefficient (Wildman–Crippen LogP) is 1.84. The van der Waals surface area contributed by atoms with Crippen LogP contribution in [0, 0.1) is 11.7 Å². The maximum Gasteiger partial charge on any atom is 0.165 e. The minimum absolute atomic E-state index is 0.237. The fraction of sp³-hybridized carbons (Fsp3) is 0.583. The molecule has 4 heteroatoms. The van der Waals surface area contributed by atoms with E-state index in [9.17, 15) is 4.39 Å². The van der Waals surface area contributed by atoms with Gasteiger partial charge in [0.2, 0.25) is 0 Å². The Labute approximate surface area is 94.2 Å². The molecule has 1 aliphatic heterocycles. The van der Waals surface area contributed by atoms with E-state index in [2.05, 4.69) is 4.98 Å². The molecule has 1 aliphatic carbocycles. The van der Waals surface area contributed by atoms with Crippen molar-refractivity contribution in [3.8, 4) is 0 Å². The Morgan fingerprint density at radius 2 is 2.31 bits per heavy atom. The molecule has 3 rings (SSSR count). The summed E-state index contributed by atoms with van der Waals surface area (Å²) in [4.78, 5) is 6.11. The van der Waals surface area contributed by atoms with Gasteiger partial charge in [-0.15, -0.1) is 0 Å². The van der Waals surface area contributed by atoms with Crippen molar-refractivity contribution in [1.82, 2.24) is 4.98 Å². The van der Waals surface area contributed by atoms with Gasteiger partial charge < -0.3 is 9.64 Å². The highest BCUT2D eigenvalue weighted by molar-refractivity contribution is 5.40. The number of hydrogen-bond acceptors (Lipinski definition) is 3.